The van der Waals surface area contributed by atoms with Crippen molar-refractivity contribution < 1.29 is 4.74 Å². The van der Waals surface area contributed by atoms with Crippen molar-refractivity contribution in [1.29, 1.82) is 0 Å². The number of ether oxygens (including phenoxy) is 1. The van der Waals surface area contributed by atoms with E-state index in [0.717, 1.165) is 31.9 Å². The first-order valence-electron chi connectivity index (χ1n) is 7.12. The van der Waals surface area contributed by atoms with Crippen molar-refractivity contribution in [3.8, 4) is 5.88 Å². The molecule has 0 saturated carbocycles. The number of pyridine rings is 1. The van der Waals surface area contributed by atoms with Gasteiger partial charge in [-0.25, -0.2) is 4.99 Å². The molecule has 0 bridgehead atoms. The molecule has 1 aromatic rings. The van der Waals surface area contributed by atoms with Crippen LogP contribution in [0.1, 0.15) is 0 Å². The largest absolute Gasteiger partial charge is 0.479 e. The third-order valence-corrected chi connectivity index (χ3v) is 3.40. The molecule has 1 aliphatic rings. The van der Waals surface area contributed by atoms with E-state index in [0.29, 0.717) is 11.7 Å². The van der Waals surface area contributed by atoms with Gasteiger partial charge in [-0.2, -0.15) is 9.98 Å². The predicted octanol–water partition coefficient (Wildman–Crippen LogP) is 1.04. The SMILES string of the molecule is C=C/C=N/C(N)=Nc1ccc(N2CCN(C)CC2)c(OC)n1. The minimum Gasteiger partial charge on any atom is -0.479 e. The van der Waals surface area contributed by atoms with Gasteiger partial charge in [0.15, 0.2) is 5.82 Å². The van der Waals surface area contributed by atoms with E-state index < -0.39 is 0 Å². The first-order chi connectivity index (χ1) is 10.6. The Labute approximate surface area is 130 Å². The van der Waals surface area contributed by atoms with Gasteiger partial charge in [0.1, 0.15) is 5.69 Å². The van der Waals surface area contributed by atoms with Crippen LogP contribution in [0.5, 0.6) is 5.88 Å². The van der Waals surface area contributed by atoms with Crippen LogP contribution in [0.15, 0.2) is 34.8 Å². The molecule has 0 unspecified atom stereocenters. The second kappa shape index (κ2) is 7.56. The van der Waals surface area contributed by atoms with E-state index >= 15 is 0 Å². The van der Waals surface area contributed by atoms with Crippen LogP contribution in [0.3, 0.4) is 0 Å². The number of methoxy groups -OCH3 is 1. The average molecular weight is 302 g/mol. The van der Waals surface area contributed by atoms with Crippen LogP contribution in [0.2, 0.25) is 0 Å². The molecule has 0 amide bonds. The second-order valence-electron chi connectivity index (χ2n) is 4.97. The van der Waals surface area contributed by atoms with Crippen LogP contribution < -0.4 is 15.4 Å². The molecule has 2 rings (SSSR count). The van der Waals surface area contributed by atoms with Gasteiger partial charge in [-0.1, -0.05) is 12.7 Å². The third-order valence-electron chi connectivity index (χ3n) is 3.40. The van der Waals surface area contributed by atoms with Crippen molar-refractivity contribution in [3.63, 3.8) is 0 Å². The van der Waals surface area contributed by atoms with E-state index in [-0.39, 0.29) is 5.96 Å². The topological polar surface area (TPSA) is 79.3 Å². The molecule has 7 heteroatoms. The van der Waals surface area contributed by atoms with E-state index in [1.165, 1.54) is 12.3 Å². The van der Waals surface area contributed by atoms with E-state index in [1.807, 2.05) is 12.1 Å². The van der Waals surface area contributed by atoms with Crippen molar-refractivity contribution in [3.05, 3.63) is 24.8 Å². The lowest BCUT2D eigenvalue weighted by atomic mass is 10.2. The fourth-order valence-corrected chi connectivity index (χ4v) is 2.20. The smallest absolute Gasteiger partial charge is 0.239 e. The molecule has 118 valence electrons. The fourth-order valence-electron chi connectivity index (χ4n) is 2.20. The van der Waals surface area contributed by atoms with Gasteiger partial charge in [0.05, 0.1) is 7.11 Å². The number of aliphatic imine (C=N–C) groups is 2. The zero-order valence-electron chi connectivity index (χ0n) is 13.1. The number of aromatic nitrogens is 1. The monoisotopic (exact) mass is 302 g/mol. The molecular formula is C15H22N6O. The molecular weight excluding hydrogens is 280 g/mol. The number of nitrogens with two attached hydrogens (primary N) is 1. The van der Waals surface area contributed by atoms with Crippen molar-refractivity contribution in [2.75, 3.05) is 45.2 Å². The molecule has 7 nitrogen and oxygen atoms in total. The van der Waals surface area contributed by atoms with Crippen molar-refractivity contribution >= 4 is 23.7 Å². The number of piperazine rings is 1. The molecule has 0 aliphatic carbocycles. The number of rotatable bonds is 4. The van der Waals surface area contributed by atoms with Crippen LogP contribution in [-0.4, -0.2) is 62.4 Å². The lowest BCUT2D eigenvalue weighted by molar-refractivity contribution is 0.310. The zero-order valence-corrected chi connectivity index (χ0v) is 13.1. The molecule has 1 fully saturated rings. The number of hydrogen-bond acceptors (Lipinski definition) is 5. The molecule has 1 aromatic heterocycles. The Morgan fingerprint density at radius 2 is 2.09 bits per heavy atom. The first-order valence-corrected chi connectivity index (χ1v) is 7.12. The molecule has 0 spiro atoms. The van der Waals surface area contributed by atoms with Gasteiger partial charge in [0.2, 0.25) is 11.8 Å². The first kappa shape index (κ1) is 16.0. The lowest BCUT2D eigenvalue weighted by Gasteiger charge is -2.34. The average Bonchev–Trinajstić information content (AvgIpc) is 2.53. The molecule has 22 heavy (non-hydrogen) atoms. The van der Waals surface area contributed by atoms with Gasteiger partial charge >= 0.3 is 0 Å². The Hall–Kier alpha value is -2.41. The van der Waals surface area contributed by atoms with E-state index in [4.69, 9.17) is 10.5 Å². The summed E-state index contributed by atoms with van der Waals surface area (Å²) in [6.45, 7) is 7.47. The van der Waals surface area contributed by atoms with Crippen LogP contribution in [-0.2, 0) is 0 Å². The van der Waals surface area contributed by atoms with E-state index in [2.05, 4.69) is 38.4 Å². The van der Waals surface area contributed by atoms with Gasteiger partial charge in [0, 0.05) is 32.4 Å². The summed E-state index contributed by atoms with van der Waals surface area (Å²) in [5, 5.41) is 0. The summed E-state index contributed by atoms with van der Waals surface area (Å²) in [6.07, 6.45) is 3.02. The molecule has 2 N–H and O–H groups in total. The summed E-state index contributed by atoms with van der Waals surface area (Å²) in [5.74, 6) is 1.14. The second-order valence-corrected chi connectivity index (χ2v) is 4.97. The van der Waals surface area contributed by atoms with Crippen molar-refractivity contribution in [2.45, 2.75) is 0 Å². The lowest BCUT2D eigenvalue weighted by Crippen LogP contribution is -2.44. The molecule has 0 atom stereocenters. The highest BCUT2D eigenvalue weighted by molar-refractivity contribution is 5.90. The molecule has 1 aliphatic heterocycles. The fraction of sp³-hybridized carbons (Fsp3) is 0.400. The predicted molar refractivity (Wildman–Crippen MR) is 90.5 cm³/mol. The molecule has 2 heterocycles. The summed E-state index contributed by atoms with van der Waals surface area (Å²) in [7, 11) is 3.73. The van der Waals surface area contributed by atoms with Crippen LogP contribution in [0, 0.1) is 0 Å². The summed E-state index contributed by atoms with van der Waals surface area (Å²) in [4.78, 5) is 17.0. The Kier molecular flexibility index (Phi) is 5.48. The Morgan fingerprint density at radius 3 is 2.73 bits per heavy atom. The quantitative estimate of drug-likeness (QED) is 0.664. The van der Waals surface area contributed by atoms with Crippen LogP contribution >= 0.6 is 0 Å². The Balaban J connectivity index is 2.20. The molecule has 0 radical (unpaired) electrons. The van der Waals surface area contributed by atoms with Gasteiger partial charge in [-0.3, -0.25) is 0 Å². The van der Waals surface area contributed by atoms with Gasteiger partial charge in [0.25, 0.3) is 0 Å². The summed E-state index contributed by atoms with van der Waals surface area (Å²) in [5.41, 5.74) is 6.66. The number of guanidine groups is 1. The molecule has 0 aromatic carbocycles. The summed E-state index contributed by atoms with van der Waals surface area (Å²) >= 11 is 0. The van der Waals surface area contributed by atoms with Gasteiger partial charge < -0.3 is 20.3 Å². The zero-order chi connectivity index (χ0) is 15.9. The number of anilines is 1. The van der Waals surface area contributed by atoms with E-state index in [1.54, 1.807) is 7.11 Å². The normalized spacial score (nSPS) is 17.0. The maximum absolute atomic E-state index is 5.69. The van der Waals surface area contributed by atoms with Crippen molar-refractivity contribution in [1.82, 2.24) is 9.88 Å². The maximum Gasteiger partial charge on any atom is 0.239 e. The Bertz CT molecular complexity index is 575. The minimum absolute atomic E-state index is 0.127. The Morgan fingerprint density at radius 1 is 1.36 bits per heavy atom. The number of hydrogen-bond donors (Lipinski definition) is 1. The maximum atomic E-state index is 5.69. The van der Waals surface area contributed by atoms with Crippen LogP contribution in [0.25, 0.3) is 0 Å². The molecule has 1 saturated heterocycles. The number of allylic oxidation sites excluding steroid dienone is 1. The summed E-state index contributed by atoms with van der Waals surface area (Å²) in [6, 6.07) is 3.77. The number of nitrogens with zero attached hydrogens (tertiary/aromatic N) is 5. The van der Waals surface area contributed by atoms with Crippen LogP contribution in [0.4, 0.5) is 11.5 Å². The van der Waals surface area contributed by atoms with Crippen molar-refractivity contribution in [2.24, 2.45) is 15.7 Å². The van der Waals surface area contributed by atoms with E-state index in [9.17, 15) is 0 Å². The standard InChI is InChI=1S/C15H22N6O/c1-4-7-17-15(16)19-13-6-5-12(14(18-13)22-3)21-10-8-20(2)9-11-21/h4-7H,1,8-11H2,2-3H3,(H2,16,18,19)/b17-7+. The van der Waals surface area contributed by atoms with Gasteiger partial charge in [-0.15, -0.1) is 0 Å². The van der Waals surface area contributed by atoms with Gasteiger partial charge in [-0.05, 0) is 19.2 Å². The number of likely N-dealkylation sites (N-methyl/N-ethyl adjacent to an activating group) is 1. The highest BCUT2D eigenvalue weighted by Gasteiger charge is 2.18. The third kappa shape index (κ3) is 4.05. The minimum atomic E-state index is 0.127. The highest BCUT2D eigenvalue weighted by Crippen LogP contribution is 2.29. The highest BCUT2D eigenvalue weighted by atomic mass is 16.5. The summed E-state index contributed by atoms with van der Waals surface area (Å²) < 4.78 is 5.40.